The average Bonchev–Trinajstić information content (AvgIpc) is 3.45. The van der Waals surface area contributed by atoms with Gasteiger partial charge in [0.15, 0.2) is 5.82 Å². The number of hydrogen-bond donors (Lipinski definition) is 1. The first kappa shape index (κ1) is 24.9. The van der Waals surface area contributed by atoms with Gasteiger partial charge in [0.25, 0.3) is 0 Å². The average molecular weight is 493 g/mol. The summed E-state index contributed by atoms with van der Waals surface area (Å²) in [6.45, 7) is 7.99. The van der Waals surface area contributed by atoms with Crippen LogP contribution in [0.1, 0.15) is 73.1 Å². The molecule has 1 aliphatic carbocycles. The molecule has 1 aliphatic rings. The van der Waals surface area contributed by atoms with Gasteiger partial charge in [0.05, 0.1) is 16.4 Å². The quantitative estimate of drug-likeness (QED) is 0.432. The normalized spacial score (nSPS) is 18.3. The van der Waals surface area contributed by atoms with E-state index < -0.39 is 5.97 Å². The van der Waals surface area contributed by atoms with Crippen molar-refractivity contribution < 1.29 is 14.7 Å². The number of anilines is 1. The van der Waals surface area contributed by atoms with E-state index in [0.29, 0.717) is 5.92 Å². The highest BCUT2D eigenvalue weighted by atomic mass is 32.1. The highest BCUT2D eigenvalue weighted by Gasteiger charge is 2.34. The summed E-state index contributed by atoms with van der Waals surface area (Å²) in [5.41, 5.74) is 2.67. The van der Waals surface area contributed by atoms with Crippen molar-refractivity contribution in [1.82, 2.24) is 14.8 Å². The van der Waals surface area contributed by atoms with E-state index in [1.54, 1.807) is 20.9 Å². The highest BCUT2D eigenvalue weighted by molar-refractivity contribution is 7.09. The molecule has 1 saturated carbocycles. The van der Waals surface area contributed by atoms with Crippen molar-refractivity contribution in [3.63, 3.8) is 0 Å². The molecule has 35 heavy (non-hydrogen) atoms. The maximum absolute atomic E-state index is 13.5. The number of thiazole rings is 1. The molecule has 8 heteroatoms. The fourth-order valence-electron chi connectivity index (χ4n) is 4.51. The van der Waals surface area contributed by atoms with Gasteiger partial charge in [-0.2, -0.15) is 0 Å². The monoisotopic (exact) mass is 492 g/mol. The molecule has 2 aromatic heterocycles. The molecule has 0 radical (unpaired) electrons. The lowest BCUT2D eigenvalue weighted by molar-refractivity contribution is -0.123. The summed E-state index contributed by atoms with van der Waals surface area (Å²) in [4.78, 5) is 31.6. The molecule has 2 heterocycles. The summed E-state index contributed by atoms with van der Waals surface area (Å²) < 4.78 is 1.54. The molecule has 0 aliphatic heterocycles. The Balaban J connectivity index is 1.60. The molecule has 0 spiro atoms. The largest absolute Gasteiger partial charge is 0.477 e. The van der Waals surface area contributed by atoms with E-state index >= 15 is 0 Å². The number of benzene rings is 1. The Labute approximate surface area is 210 Å². The van der Waals surface area contributed by atoms with Crippen molar-refractivity contribution in [2.45, 2.75) is 59.4 Å². The van der Waals surface area contributed by atoms with Crippen molar-refractivity contribution in [1.29, 1.82) is 0 Å². The topological polar surface area (TPSA) is 88.3 Å². The van der Waals surface area contributed by atoms with Crippen LogP contribution in [0.15, 0.2) is 35.8 Å². The summed E-state index contributed by atoms with van der Waals surface area (Å²) in [5.74, 6) is -0.381. The minimum Gasteiger partial charge on any atom is -0.477 e. The summed E-state index contributed by atoms with van der Waals surface area (Å²) in [6, 6.07) is 7.46. The van der Waals surface area contributed by atoms with Crippen LogP contribution in [0.25, 0.3) is 17.8 Å². The van der Waals surface area contributed by atoms with Gasteiger partial charge in [-0.15, -0.1) is 16.4 Å². The smallest absolute Gasteiger partial charge is 0.341 e. The predicted octanol–water partition coefficient (Wildman–Crippen LogP) is 6.07. The molecule has 184 valence electrons. The van der Waals surface area contributed by atoms with Crippen LogP contribution in [0, 0.1) is 18.8 Å². The number of carboxylic acids is 1. The second-order valence-corrected chi connectivity index (χ2v) is 10.7. The van der Waals surface area contributed by atoms with Crippen LogP contribution in [-0.4, -0.2) is 37.8 Å². The molecule has 1 N–H and O–H groups in total. The standard InChI is InChI=1S/C27H32N4O3S/c1-17(2)31(26(32)21-10-5-18(3)6-11-21)25-24(27(33)34)15-30(29-25)23-13-8-20(9-14-23)7-12-22-16-35-19(4)28-22/h7-9,12-18,21H,5-6,10-11H2,1-4H3,(H,33,34)/t18-,21-. The molecule has 0 unspecified atom stereocenters. The molecule has 4 rings (SSSR count). The lowest BCUT2D eigenvalue weighted by Gasteiger charge is -2.32. The van der Waals surface area contributed by atoms with Crippen molar-refractivity contribution in [3.05, 3.63) is 57.7 Å². The van der Waals surface area contributed by atoms with Gasteiger partial charge in [-0.3, -0.25) is 9.69 Å². The molecule has 1 amide bonds. The van der Waals surface area contributed by atoms with E-state index in [1.165, 1.54) is 6.20 Å². The van der Waals surface area contributed by atoms with Gasteiger partial charge in [-0.05, 0) is 76.1 Å². The lowest BCUT2D eigenvalue weighted by Crippen LogP contribution is -2.43. The molecule has 7 nitrogen and oxygen atoms in total. The number of aryl methyl sites for hydroxylation is 1. The second-order valence-electron chi connectivity index (χ2n) is 9.59. The van der Waals surface area contributed by atoms with Gasteiger partial charge in [0.1, 0.15) is 5.56 Å². The Hall–Kier alpha value is -3.26. The molecular formula is C27H32N4O3S. The number of aromatic carboxylic acids is 1. The predicted molar refractivity (Wildman–Crippen MR) is 140 cm³/mol. The van der Waals surface area contributed by atoms with E-state index in [-0.39, 0.29) is 29.2 Å². The summed E-state index contributed by atoms with van der Waals surface area (Å²) in [7, 11) is 0. The Morgan fingerprint density at radius 1 is 1.14 bits per heavy atom. The zero-order valence-electron chi connectivity index (χ0n) is 20.6. The van der Waals surface area contributed by atoms with Gasteiger partial charge >= 0.3 is 5.97 Å². The van der Waals surface area contributed by atoms with E-state index in [0.717, 1.165) is 47.6 Å². The fraction of sp³-hybridized carbons (Fsp3) is 0.407. The van der Waals surface area contributed by atoms with Crippen LogP contribution < -0.4 is 4.90 Å². The molecule has 0 atom stereocenters. The van der Waals surface area contributed by atoms with Gasteiger partial charge in [0.2, 0.25) is 5.91 Å². The van der Waals surface area contributed by atoms with E-state index in [4.69, 9.17) is 0 Å². The molecule has 1 aromatic carbocycles. The molecule has 0 bridgehead atoms. The Bertz CT molecular complexity index is 1220. The number of nitrogens with zero attached hydrogens (tertiary/aromatic N) is 4. The van der Waals surface area contributed by atoms with E-state index in [9.17, 15) is 14.7 Å². The first-order chi connectivity index (χ1) is 16.7. The lowest BCUT2D eigenvalue weighted by atomic mass is 9.82. The number of amides is 1. The Kier molecular flexibility index (Phi) is 7.50. The fourth-order valence-corrected chi connectivity index (χ4v) is 5.09. The summed E-state index contributed by atoms with van der Waals surface area (Å²) >= 11 is 1.61. The highest BCUT2D eigenvalue weighted by Crippen LogP contribution is 2.32. The van der Waals surface area contributed by atoms with Gasteiger partial charge < -0.3 is 5.11 Å². The van der Waals surface area contributed by atoms with Crippen molar-refractivity contribution in [3.8, 4) is 5.69 Å². The minimum atomic E-state index is -1.10. The number of rotatable bonds is 7. The summed E-state index contributed by atoms with van der Waals surface area (Å²) in [6.07, 6.45) is 9.15. The molecule has 1 fully saturated rings. The summed E-state index contributed by atoms with van der Waals surface area (Å²) in [5, 5.41) is 17.5. The van der Waals surface area contributed by atoms with Crippen LogP contribution in [-0.2, 0) is 4.79 Å². The number of aromatic nitrogens is 3. The minimum absolute atomic E-state index is 0.0269. The van der Waals surface area contributed by atoms with Gasteiger partial charge in [0, 0.05) is 23.5 Å². The van der Waals surface area contributed by atoms with Crippen molar-refractivity contribution in [2.24, 2.45) is 11.8 Å². The number of carbonyl (C=O) groups is 2. The Morgan fingerprint density at radius 2 is 1.83 bits per heavy atom. The number of carboxylic acid groups (broad SMARTS) is 1. The van der Waals surface area contributed by atoms with E-state index in [2.05, 4.69) is 17.0 Å². The van der Waals surface area contributed by atoms with Crippen LogP contribution in [0.4, 0.5) is 5.82 Å². The maximum atomic E-state index is 13.5. The third-order valence-electron chi connectivity index (χ3n) is 6.51. The van der Waals surface area contributed by atoms with Crippen molar-refractivity contribution in [2.75, 3.05) is 4.90 Å². The van der Waals surface area contributed by atoms with Crippen LogP contribution in [0.2, 0.25) is 0 Å². The third-order valence-corrected chi connectivity index (χ3v) is 7.30. The third kappa shape index (κ3) is 5.70. The van der Waals surface area contributed by atoms with Crippen LogP contribution in [0.5, 0.6) is 0 Å². The van der Waals surface area contributed by atoms with Gasteiger partial charge in [-0.25, -0.2) is 14.5 Å². The zero-order chi connectivity index (χ0) is 25.1. The van der Waals surface area contributed by atoms with Crippen LogP contribution in [0.3, 0.4) is 0 Å². The second kappa shape index (κ2) is 10.6. The molecular weight excluding hydrogens is 460 g/mol. The van der Waals surface area contributed by atoms with E-state index in [1.807, 2.05) is 62.6 Å². The Morgan fingerprint density at radius 3 is 2.40 bits per heavy atom. The first-order valence-corrected chi connectivity index (χ1v) is 13.0. The van der Waals surface area contributed by atoms with Crippen LogP contribution >= 0.6 is 11.3 Å². The zero-order valence-corrected chi connectivity index (χ0v) is 21.5. The molecule has 0 saturated heterocycles. The number of hydrogen-bond acceptors (Lipinski definition) is 5. The van der Waals surface area contributed by atoms with Crippen molar-refractivity contribution >= 4 is 41.2 Å². The van der Waals surface area contributed by atoms with Gasteiger partial charge in [-0.1, -0.05) is 25.1 Å². The maximum Gasteiger partial charge on any atom is 0.341 e. The SMILES string of the molecule is Cc1nc(C=Cc2ccc(-n3cc(C(=O)O)c(N(C(=O)[C@H]4CC[C@H](C)CC4)C(C)C)n3)cc2)cs1. The first-order valence-electron chi connectivity index (χ1n) is 12.1. The number of carbonyl (C=O) groups excluding carboxylic acids is 1. The molecule has 3 aromatic rings.